The summed E-state index contributed by atoms with van der Waals surface area (Å²) in [5, 5.41) is 3.34. The number of para-hydroxylation sites is 1. The standard InChI is InChI=1S/C20H23N3O5/c1-13-7-8-17(28-13)15(10-12-27-2)21-18(24)9-11-23-16-6-4-3-5-14(16)19(25)22-20(23)26/h3-8,15H,9-12H2,1-2H3,(H,21,24)(H,22,25,26)/t15-/m1/s1. The minimum Gasteiger partial charge on any atom is -0.464 e. The van der Waals surface area contributed by atoms with Crippen LogP contribution in [0.4, 0.5) is 0 Å². The number of furan rings is 1. The second kappa shape index (κ2) is 8.71. The summed E-state index contributed by atoms with van der Waals surface area (Å²) in [6, 6.07) is 10.2. The first-order chi connectivity index (χ1) is 13.5. The number of nitrogens with one attached hydrogen (secondary N) is 2. The van der Waals surface area contributed by atoms with Crippen molar-refractivity contribution in [1.82, 2.24) is 14.9 Å². The van der Waals surface area contributed by atoms with Gasteiger partial charge in [0.1, 0.15) is 11.5 Å². The van der Waals surface area contributed by atoms with Crippen molar-refractivity contribution in [2.45, 2.75) is 32.4 Å². The maximum Gasteiger partial charge on any atom is 0.328 e. The highest BCUT2D eigenvalue weighted by Gasteiger charge is 2.18. The third-order valence-corrected chi connectivity index (χ3v) is 4.52. The molecule has 2 N–H and O–H groups in total. The minimum absolute atomic E-state index is 0.0825. The molecule has 0 radical (unpaired) electrons. The van der Waals surface area contributed by atoms with Crippen LogP contribution in [-0.2, 0) is 16.1 Å². The molecule has 0 unspecified atom stereocenters. The van der Waals surface area contributed by atoms with Gasteiger partial charge in [-0.1, -0.05) is 12.1 Å². The molecule has 0 bridgehead atoms. The number of rotatable bonds is 8. The summed E-state index contributed by atoms with van der Waals surface area (Å²) in [4.78, 5) is 38.9. The van der Waals surface area contributed by atoms with E-state index in [2.05, 4.69) is 10.3 Å². The lowest BCUT2D eigenvalue weighted by Gasteiger charge is -2.17. The monoisotopic (exact) mass is 385 g/mol. The lowest BCUT2D eigenvalue weighted by atomic mass is 10.1. The topological polar surface area (TPSA) is 106 Å². The molecule has 3 rings (SSSR count). The van der Waals surface area contributed by atoms with Gasteiger partial charge in [-0.05, 0) is 37.6 Å². The van der Waals surface area contributed by atoms with Crippen LogP contribution in [0.2, 0.25) is 0 Å². The highest BCUT2D eigenvalue weighted by atomic mass is 16.5. The highest BCUT2D eigenvalue weighted by molar-refractivity contribution is 5.79. The van der Waals surface area contributed by atoms with Crippen LogP contribution in [0.25, 0.3) is 10.9 Å². The number of aromatic nitrogens is 2. The molecule has 28 heavy (non-hydrogen) atoms. The Labute approximate surface area is 161 Å². The average molecular weight is 385 g/mol. The summed E-state index contributed by atoms with van der Waals surface area (Å²) in [7, 11) is 1.60. The maximum atomic E-state index is 12.5. The zero-order valence-electron chi connectivity index (χ0n) is 15.9. The molecule has 0 saturated carbocycles. The summed E-state index contributed by atoms with van der Waals surface area (Å²) in [6.07, 6.45) is 0.649. The van der Waals surface area contributed by atoms with Gasteiger partial charge in [0.15, 0.2) is 0 Å². The van der Waals surface area contributed by atoms with Gasteiger partial charge >= 0.3 is 5.69 Å². The Balaban J connectivity index is 1.74. The summed E-state index contributed by atoms with van der Waals surface area (Å²) < 4.78 is 12.1. The predicted molar refractivity (Wildman–Crippen MR) is 104 cm³/mol. The Morgan fingerprint density at radius 1 is 1.25 bits per heavy atom. The summed E-state index contributed by atoms with van der Waals surface area (Å²) in [5.74, 6) is 1.20. The van der Waals surface area contributed by atoms with Gasteiger partial charge in [0.05, 0.1) is 16.9 Å². The van der Waals surface area contributed by atoms with E-state index in [-0.39, 0.29) is 24.9 Å². The van der Waals surface area contributed by atoms with Gasteiger partial charge in [-0.15, -0.1) is 0 Å². The van der Waals surface area contributed by atoms with E-state index >= 15 is 0 Å². The molecule has 0 spiro atoms. The fourth-order valence-corrected chi connectivity index (χ4v) is 3.11. The van der Waals surface area contributed by atoms with E-state index in [0.717, 1.165) is 5.76 Å². The van der Waals surface area contributed by atoms with E-state index in [9.17, 15) is 14.4 Å². The first kappa shape index (κ1) is 19.6. The van der Waals surface area contributed by atoms with Gasteiger partial charge < -0.3 is 14.5 Å². The first-order valence-corrected chi connectivity index (χ1v) is 9.06. The molecular weight excluding hydrogens is 362 g/mol. The zero-order valence-corrected chi connectivity index (χ0v) is 15.9. The molecule has 148 valence electrons. The van der Waals surface area contributed by atoms with Gasteiger partial charge in [0, 0.05) is 26.7 Å². The molecule has 0 fully saturated rings. The first-order valence-electron chi connectivity index (χ1n) is 9.06. The third-order valence-electron chi connectivity index (χ3n) is 4.52. The van der Waals surface area contributed by atoms with Crippen molar-refractivity contribution < 1.29 is 13.9 Å². The van der Waals surface area contributed by atoms with Crippen molar-refractivity contribution in [3.8, 4) is 0 Å². The van der Waals surface area contributed by atoms with Crippen LogP contribution in [-0.4, -0.2) is 29.2 Å². The number of fused-ring (bicyclic) bond motifs is 1. The molecule has 8 nitrogen and oxygen atoms in total. The number of H-pyrrole nitrogens is 1. The third kappa shape index (κ3) is 4.40. The molecular formula is C20H23N3O5. The number of aromatic amines is 1. The molecule has 8 heteroatoms. The van der Waals surface area contributed by atoms with E-state index in [1.807, 2.05) is 19.1 Å². The van der Waals surface area contributed by atoms with E-state index in [1.165, 1.54) is 4.57 Å². The number of hydrogen-bond donors (Lipinski definition) is 2. The Bertz CT molecular complexity index is 1080. The van der Waals surface area contributed by atoms with Gasteiger partial charge in [-0.2, -0.15) is 0 Å². The SMILES string of the molecule is COCC[C@@H](NC(=O)CCn1c(=O)[nH]c(=O)c2ccccc21)c1ccc(C)o1. The second-order valence-corrected chi connectivity index (χ2v) is 6.53. The highest BCUT2D eigenvalue weighted by Crippen LogP contribution is 2.20. The number of methoxy groups -OCH3 is 1. The van der Waals surface area contributed by atoms with Gasteiger partial charge in [0.25, 0.3) is 5.56 Å². The quantitative estimate of drug-likeness (QED) is 0.616. The number of carbonyl (C=O) groups excluding carboxylic acids is 1. The summed E-state index contributed by atoms with van der Waals surface area (Å²) >= 11 is 0. The number of nitrogens with zero attached hydrogens (tertiary/aromatic N) is 1. The lowest BCUT2D eigenvalue weighted by Crippen LogP contribution is -2.33. The molecule has 3 aromatic rings. The van der Waals surface area contributed by atoms with E-state index in [4.69, 9.17) is 9.15 Å². The largest absolute Gasteiger partial charge is 0.464 e. The van der Waals surface area contributed by atoms with E-state index in [0.29, 0.717) is 29.7 Å². The molecule has 2 aromatic heterocycles. The van der Waals surface area contributed by atoms with Crippen molar-refractivity contribution >= 4 is 16.8 Å². The molecule has 0 aliphatic heterocycles. The lowest BCUT2D eigenvalue weighted by molar-refractivity contribution is -0.122. The maximum absolute atomic E-state index is 12.5. The number of benzene rings is 1. The molecule has 1 aromatic carbocycles. The number of carbonyl (C=O) groups is 1. The number of hydrogen-bond acceptors (Lipinski definition) is 5. The molecule has 0 aliphatic rings. The van der Waals surface area contributed by atoms with Crippen molar-refractivity contribution in [3.05, 3.63) is 68.8 Å². The van der Waals surface area contributed by atoms with Crippen LogP contribution in [0, 0.1) is 6.92 Å². The van der Waals surface area contributed by atoms with Crippen molar-refractivity contribution in [2.75, 3.05) is 13.7 Å². The van der Waals surface area contributed by atoms with Crippen LogP contribution in [0.15, 0.2) is 50.4 Å². The minimum atomic E-state index is -0.533. The van der Waals surface area contributed by atoms with Crippen LogP contribution >= 0.6 is 0 Å². The number of amides is 1. The predicted octanol–water partition coefficient (Wildman–Crippen LogP) is 1.88. The normalized spacial score (nSPS) is 12.2. The Hall–Kier alpha value is -3.13. The number of aryl methyl sites for hydroxylation is 2. The Morgan fingerprint density at radius 3 is 2.75 bits per heavy atom. The van der Waals surface area contributed by atoms with E-state index < -0.39 is 11.2 Å². The van der Waals surface area contributed by atoms with Crippen molar-refractivity contribution in [2.24, 2.45) is 0 Å². The molecule has 2 heterocycles. The van der Waals surface area contributed by atoms with Crippen LogP contribution in [0.3, 0.4) is 0 Å². The molecule has 1 amide bonds. The van der Waals surface area contributed by atoms with Crippen molar-refractivity contribution in [1.29, 1.82) is 0 Å². The summed E-state index contributed by atoms with van der Waals surface area (Å²) in [5.41, 5.74) is -0.468. The molecule has 0 aliphatic carbocycles. The van der Waals surface area contributed by atoms with E-state index in [1.54, 1.807) is 31.4 Å². The van der Waals surface area contributed by atoms with Gasteiger partial charge in [-0.3, -0.25) is 19.1 Å². The Morgan fingerprint density at radius 2 is 2.04 bits per heavy atom. The molecule has 0 saturated heterocycles. The van der Waals surface area contributed by atoms with Gasteiger partial charge in [0.2, 0.25) is 5.91 Å². The number of ether oxygens (including phenoxy) is 1. The van der Waals surface area contributed by atoms with Crippen molar-refractivity contribution in [3.63, 3.8) is 0 Å². The molecule has 1 atom stereocenters. The fourth-order valence-electron chi connectivity index (χ4n) is 3.11. The fraction of sp³-hybridized carbons (Fsp3) is 0.350. The summed E-state index contributed by atoms with van der Waals surface area (Å²) in [6.45, 7) is 2.46. The Kier molecular flexibility index (Phi) is 6.10. The van der Waals surface area contributed by atoms with Crippen LogP contribution in [0.1, 0.15) is 30.4 Å². The second-order valence-electron chi connectivity index (χ2n) is 6.53. The zero-order chi connectivity index (χ0) is 20.1. The smallest absolute Gasteiger partial charge is 0.328 e. The van der Waals surface area contributed by atoms with Crippen LogP contribution in [0.5, 0.6) is 0 Å². The van der Waals surface area contributed by atoms with Gasteiger partial charge in [-0.25, -0.2) is 4.79 Å². The van der Waals surface area contributed by atoms with Crippen LogP contribution < -0.4 is 16.6 Å². The average Bonchev–Trinajstić information content (AvgIpc) is 3.11.